The molecule has 0 saturated carbocycles. The van der Waals surface area contributed by atoms with Crippen molar-refractivity contribution in [1.29, 1.82) is 0 Å². The van der Waals surface area contributed by atoms with Crippen LogP contribution < -0.4 is 22.1 Å². The number of nitrogen functional groups attached to an aromatic ring is 1. The monoisotopic (exact) mass is 284 g/mol. The van der Waals surface area contributed by atoms with Gasteiger partial charge in [-0.1, -0.05) is 13.8 Å². The molecule has 7 heteroatoms. The van der Waals surface area contributed by atoms with E-state index in [1.807, 2.05) is 18.7 Å². The van der Waals surface area contributed by atoms with Gasteiger partial charge in [0.25, 0.3) is 11.8 Å². The van der Waals surface area contributed by atoms with Crippen molar-refractivity contribution in [3.8, 4) is 0 Å². The van der Waals surface area contributed by atoms with Crippen molar-refractivity contribution in [2.45, 2.75) is 26.7 Å². The lowest BCUT2D eigenvalue weighted by atomic mass is 10.2. The van der Waals surface area contributed by atoms with Crippen molar-refractivity contribution in [1.82, 2.24) is 0 Å². The molecule has 0 unspecified atom stereocenters. The molecule has 0 aliphatic carbocycles. The summed E-state index contributed by atoms with van der Waals surface area (Å²) in [6.45, 7) is 5.62. The highest BCUT2D eigenvalue weighted by Gasteiger charge is 2.25. The van der Waals surface area contributed by atoms with E-state index in [2.05, 4.69) is 0 Å². The van der Waals surface area contributed by atoms with Crippen molar-refractivity contribution < 1.29 is 9.59 Å². The molecule has 0 fully saturated rings. The number of primary amides is 2. The Bertz CT molecular complexity index is 478. The molecule has 6 N–H and O–H groups in total. The molecular formula is C12H20N4O2S. The van der Waals surface area contributed by atoms with Crippen LogP contribution in [-0.4, -0.2) is 24.9 Å². The van der Waals surface area contributed by atoms with Crippen molar-refractivity contribution in [3.05, 3.63) is 10.4 Å². The van der Waals surface area contributed by atoms with Crippen LogP contribution in [0, 0.1) is 0 Å². The molecule has 0 saturated heterocycles. The molecule has 1 rings (SSSR count). The van der Waals surface area contributed by atoms with Crippen molar-refractivity contribution in [2.24, 2.45) is 11.5 Å². The Morgan fingerprint density at radius 1 is 1.11 bits per heavy atom. The van der Waals surface area contributed by atoms with Gasteiger partial charge in [-0.3, -0.25) is 9.59 Å². The molecule has 1 aromatic rings. The van der Waals surface area contributed by atoms with Gasteiger partial charge in [-0.05, 0) is 12.8 Å². The molecule has 106 valence electrons. The van der Waals surface area contributed by atoms with E-state index in [1.165, 1.54) is 0 Å². The van der Waals surface area contributed by atoms with E-state index in [-0.39, 0.29) is 16.1 Å². The first kappa shape index (κ1) is 15.3. The van der Waals surface area contributed by atoms with E-state index in [0.717, 1.165) is 37.3 Å². The highest BCUT2D eigenvalue weighted by Crippen LogP contribution is 2.38. The number of nitrogens with zero attached hydrogens (tertiary/aromatic N) is 1. The largest absolute Gasteiger partial charge is 0.397 e. The van der Waals surface area contributed by atoms with Crippen LogP contribution in [-0.2, 0) is 0 Å². The highest BCUT2D eigenvalue weighted by molar-refractivity contribution is 7.19. The zero-order valence-electron chi connectivity index (χ0n) is 11.2. The summed E-state index contributed by atoms with van der Waals surface area (Å²) in [5, 5.41) is 0.641. The Morgan fingerprint density at radius 3 is 2.00 bits per heavy atom. The number of hydrogen-bond acceptors (Lipinski definition) is 5. The summed E-state index contributed by atoms with van der Waals surface area (Å²) in [4.78, 5) is 25.1. The quantitative estimate of drug-likeness (QED) is 0.696. The van der Waals surface area contributed by atoms with Gasteiger partial charge in [0.15, 0.2) is 0 Å². The molecule has 0 bridgehead atoms. The van der Waals surface area contributed by atoms with Gasteiger partial charge in [-0.15, -0.1) is 11.3 Å². The minimum Gasteiger partial charge on any atom is -0.397 e. The number of carbonyl (C=O) groups is 2. The standard InChI is InChI=1S/C12H20N4O2S/c1-3-5-16(6-4-2)12-7(10(14)17)8(13)9(19-12)11(15)18/h3-6,13H2,1-2H3,(H2,14,17)(H2,15,18). The lowest BCUT2D eigenvalue weighted by Crippen LogP contribution is -2.27. The zero-order valence-corrected chi connectivity index (χ0v) is 12.0. The van der Waals surface area contributed by atoms with Gasteiger partial charge >= 0.3 is 0 Å². The maximum absolute atomic E-state index is 11.6. The number of amides is 2. The van der Waals surface area contributed by atoms with Crippen LogP contribution in [0.2, 0.25) is 0 Å². The SMILES string of the molecule is CCCN(CCC)c1sc(C(N)=O)c(N)c1C(N)=O. The molecule has 6 nitrogen and oxygen atoms in total. The zero-order chi connectivity index (χ0) is 14.6. The first-order valence-corrected chi connectivity index (χ1v) is 7.02. The minimum absolute atomic E-state index is 0.0946. The van der Waals surface area contributed by atoms with Crippen LogP contribution in [0.15, 0.2) is 0 Å². The van der Waals surface area contributed by atoms with E-state index >= 15 is 0 Å². The molecule has 1 aromatic heterocycles. The summed E-state index contributed by atoms with van der Waals surface area (Å²) < 4.78 is 0. The fourth-order valence-corrected chi connectivity index (χ4v) is 3.06. The molecule has 0 spiro atoms. The maximum atomic E-state index is 11.6. The summed E-state index contributed by atoms with van der Waals surface area (Å²) >= 11 is 1.14. The van der Waals surface area contributed by atoms with Gasteiger partial charge in [0, 0.05) is 13.1 Å². The van der Waals surface area contributed by atoms with Gasteiger partial charge in [-0.25, -0.2) is 0 Å². The van der Waals surface area contributed by atoms with Gasteiger partial charge < -0.3 is 22.1 Å². The van der Waals surface area contributed by atoms with E-state index in [0.29, 0.717) is 5.00 Å². The summed E-state index contributed by atoms with van der Waals surface area (Å²) in [6, 6.07) is 0. The van der Waals surface area contributed by atoms with Crippen molar-refractivity contribution in [3.63, 3.8) is 0 Å². The normalized spacial score (nSPS) is 10.4. The average molecular weight is 284 g/mol. The number of hydrogen-bond donors (Lipinski definition) is 3. The molecule has 0 radical (unpaired) electrons. The highest BCUT2D eigenvalue weighted by atomic mass is 32.1. The van der Waals surface area contributed by atoms with E-state index < -0.39 is 11.8 Å². The number of carbonyl (C=O) groups excluding carboxylic acids is 2. The maximum Gasteiger partial charge on any atom is 0.260 e. The molecule has 19 heavy (non-hydrogen) atoms. The lowest BCUT2D eigenvalue weighted by molar-refractivity contribution is 0.0999. The predicted octanol–water partition coefficient (Wildman–Crippen LogP) is 1.15. The topological polar surface area (TPSA) is 115 Å². The second-order valence-electron chi connectivity index (χ2n) is 4.24. The second-order valence-corrected chi connectivity index (χ2v) is 5.24. The van der Waals surface area contributed by atoms with Gasteiger partial charge in [0.2, 0.25) is 0 Å². The van der Waals surface area contributed by atoms with Crippen LogP contribution in [0.3, 0.4) is 0 Å². The third-order valence-corrected chi connectivity index (χ3v) is 3.95. The van der Waals surface area contributed by atoms with E-state index in [4.69, 9.17) is 17.2 Å². The summed E-state index contributed by atoms with van der Waals surface area (Å²) in [7, 11) is 0. The van der Waals surface area contributed by atoms with Crippen LogP contribution >= 0.6 is 11.3 Å². The van der Waals surface area contributed by atoms with E-state index in [1.54, 1.807) is 0 Å². The summed E-state index contributed by atoms with van der Waals surface area (Å²) in [6.07, 6.45) is 1.84. The van der Waals surface area contributed by atoms with Crippen LogP contribution in [0.4, 0.5) is 10.7 Å². The Morgan fingerprint density at radius 2 is 1.63 bits per heavy atom. The van der Waals surface area contributed by atoms with E-state index in [9.17, 15) is 9.59 Å². The fraction of sp³-hybridized carbons (Fsp3) is 0.500. The van der Waals surface area contributed by atoms with Gasteiger partial charge in [-0.2, -0.15) is 0 Å². The number of anilines is 2. The first-order chi connectivity index (χ1) is 8.93. The average Bonchev–Trinajstić information content (AvgIpc) is 2.66. The molecule has 0 aliphatic heterocycles. The van der Waals surface area contributed by atoms with Gasteiger partial charge in [0.1, 0.15) is 9.88 Å². The summed E-state index contributed by atoms with van der Waals surface area (Å²) in [5.74, 6) is -1.27. The molecular weight excluding hydrogens is 264 g/mol. The molecule has 0 aromatic carbocycles. The molecule has 2 amide bonds. The van der Waals surface area contributed by atoms with Crippen LogP contribution in [0.5, 0.6) is 0 Å². The Balaban J connectivity index is 3.34. The van der Waals surface area contributed by atoms with Crippen LogP contribution in [0.1, 0.15) is 46.7 Å². The minimum atomic E-state index is -0.635. The fourth-order valence-electron chi connectivity index (χ4n) is 1.93. The third kappa shape index (κ3) is 3.17. The van der Waals surface area contributed by atoms with Crippen LogP contribution in [0.25, 0.3) is 0 Å². The molecule has 0 aliphatic rings. The van der Waals surface area contributed by atoms with Crippen molar-refractivity contribution in [2.75, 3.05) is 23.7 Å². The van der Waals surface area contributed by atoms with Gasteiger partial charge in [0.05, 0.1) is 11.3 Å². The third-order valence-electron chi connectivity index (χ3n) is 2.67. The smallest absolute Gasteiger partial charge is 0.260 e. The number of rotatable bonds is 7. The number of thiophene rings is 1. The number of nitrogens with two attached hydrogens (primary N) is 3. The Hall–Kier alpha value is -1.76. The second kappa shape index (κ2) is 6.42. The Labute approximate surface area is 116 Å². The predicted molar refractivity (Wildman–Crippen MR) is 78.6 cm³/mol. The lowest BCUT2D eigenvalue weighted by Gasteiger charge is -2.22. The first-order valence-electron chi connectivity index (χ1n) is 6.20. The molecule has 0 atom stereocenters. The Kier molecular flexibility index (Phi) is 5.17. The van der Waals surface area contributed by atoms with Crippen molar-refractivity contribution >= 4 is 33.8 Å². The molecule has 1 heterocycles. The summed E-state index contributed by atoms with van der Waals surface area (Å²) in [5.41, 5.74) is 16.8.